The van der Waals surface area contributed by atoms with Gasteiger partial charge >= 0.3 is 12.0 Å². The number of hydrogen-bond donors (Lipinski definition) is 1. The molecule has 0 bridgehead atoms. The van der Waals surface area contributed by atoms with Crippen molar-refractivity contribution in [2.45, 2.75) is 13.2 Å². The minimum absolute atomic E-state index is 0.0302. The van der Waals surface area contributed by atoms with E-state index in [1.54, 1.807) is 18.2 Å². The van der Waals surface area contributed by atoms with Gasteiger partial charge in [-0.25, -0.2) is 9.59 Å². The van der Waals surface area contributed by atoms with Gasteiger partial charge in [-0.05, 0) is 42.0 Å². The van der Waals surface area contributed by atoms with Crippen LogP contribution in [-0.2, 0) is 22.7 Å². The minimum atomic E-state index is -0.663. The predicted octanol–water partition coefficient (Wildman–Crippen LogP) is 5.05. The third-order valence-corrected chi connectivity index (χ3v) is 5.87. The van der Waals surface area contributed by atoms with Crippen LogP contribution in [0.15, 0.2) is 58.6 Å². The molecule has 2 aromatic carbocycles. The summed E-state index contributed by atoms with van der Waals surface area (Å²) in [5, 5.41) is 3.33. The van der Waals surface area contributed by atoms with Gasteiger partial charge in [-0.3, -0.25) is 9.69 Å². The summed E-state index contributed by atoms with van der Waals surface area (Å²) in [6.07, 6.45) is 1.47. The van der Waals surface area contributed by atoms with Crippen LogP contribution in [-0.4, -0.2) is 37.0 Å². The molecular weight excluding hydrogens is 511 g/mol. The summed E-state index contributed by atoms with van der Waals surface area (Å²) >= 11 is 12.6. The summed E-state index contributed by atoms with van der Waals surface area (Å²) in [7, 11) is 2.68. The molecule has 0 saturated carbocycles. The van der Waals surface area contributed by atoms with Gasteiger partial charge in [0.2, 0.25) is 5.76 Å². The summed E-state index contributed by atoms with van der Waals surface area (Å²) in [6, 6.07) is 12.7. The Hall–Kier alpha value is -3.95. The molecule has 4 rings (SSSR count). The molecule has 1 aliphatic heterocycles. The number of furan rings is 1. The number of urea groups is 1. The highest BCUT2D eigenvalue weighted by Crippen LogP contribution is 2.38. The first-order valence-electron chi connectivity index (χ1n) is 10.6. The normalized spacial score (nSPS) is 14.2. The molecule has 186 valence electrons. The second kappa shape index (κ2) is 10.8. The number of amides is 3. The van der Waals surface area contributed by atoms with Crippen LogP contribution < -0.4 is 14.8 Å². The Bertz CT molecular complexity index is 1370. The number of methoxy groups -OCH3 is 2. The van der Waals surface area contributed by atoms with Crippen LogP contribution >= 0.6 is 23.2 Å². The fourth-order valence-corrected chi connectivity index (χ4v) is 3.90. The maximum absolute atomic E-state index is 12.9. The monoisotopic (exact) mass is 530 g/mol. The van der Waals surface area contributed by atoms with Crippen molar-refractivity contribution in [1.29, 1.82) is 0 Å². The van der Waals surface area contributed by atoms with Crippen molar-refractivity contribution >= 4 is 47.2 Å². The summed E-state index contributed by atoms with van der Waals surface area (Å²) in [5.74, 6) is -0.391. The van der Waals surface area contributed by atoms with Crippen molar-refractivity contribution in [2.24, 2.45) is 0 Å². The fraction of sp³-hybridized carbons (Fsp3) is 0.160. The summed E-state index contributed by atoms with van der Waals surface area (Å²) in [4.78, 5) is 37.8. The Morgan fingerprint density at radius 3 is 2.58 bits per heavy atom. The molecule has 1 aromatic heterocycles. The largest absolute Gasteiger partial charge is 0.493 e. The van der Waals surface area contributed by atoms with Gasteiger partial charge in [-0.1, -0.05) is 41.4 Å². The third-order valence-electron chi connectivity index (χ3n) is 5.22. The number of nitrogens with zero attached hydrogens (tertiary/aromatic N) is 1. The lowest BCUT2D eigenvalue weighted by Gasteiger charge is -2.14. The van der Waals surface area contributed by atoms with Crippen LogP contribution in [0.2, 0.25) is 10.0 Å². The maximum Gasteiger partial charge on any atom is 0.373 e. The van der Waals surface area contributed by atoms with Crippen LogP contribution in [0.5, 0.6) is 11.5 Å². The average molecular weight is 531 g/mol. The van der Waals surface area contributed by atoms with Crippen LogP contribution in [0, 0.1) is 0 Å². The molecule has 0 radical (unpaired) electrons. The van der Waals surface area contributed by atoms with E-state index in [-0.39, 0.29) is 35.4 Å². The topological polar surface area (TPSA) is 107 Å². The molecule has 1 fully saturated rings. The first-order chi connectivity index (χ1) is 17.3. The Morgan fingerprint density at radius 2 is 1.86 bits per heavy atom. The van der Waals surface area contributed by atoms with Crippen molar-refractivity contribution in [3.8, 4) is 11.5 Å². The molecule has 3 aromatic rings. The molecule has 0 aliphatic carbocycles. The average Bonchev–Trinajstić information content (AvgIpc) is 3.44. The quantitative estimate of drug-likeness (QED) is 0.246. The smallest absolute Gasteiger partial charge is 0.373 e. The number of imide groups is 1. The highest BCUT2D eigenvalue weighted by atomic mass is 35.5. The first kappa shape index (κ1) is 25.2. The Labute approximate surface area is 216 Å². The Balaban J connectivity index is 1.51. The Kier molecular flexibility index (Phi) is 7.52. The van der Waals surface area contributed by atoms with Gasteiger partial charge in [0.05, 0.1) is 25.8 Å². The highest BCUT2D eigenvalue weighted by molar-refractivity contribution is 6.32. The number of carbonyl (C=O) groups excluding carboxylic acids is 3. The number of benzene rings is 2. The highest BCUT2D eigenvalue weighted by Gasteiger charge is 2.34. The molecule has 1 N–H and O–H groups in total. The molecular formula is C25H20Cl2N2O7. The summed E-state index contributed by atoms with van der Waals surface area (Å²) in [6.45, 7) is 0.00205. The minimum Gasteiger partial charge on any atom is -0.493 e. The van der Waals surface area contributed by atoms with E-state index in [2.05, 4.69) is 10.1 Å². The number of esters is 1. The molecule has 3 amide bonds. The molecule has 0 unspecified atom stereocenters. The van der Waals surface area contributed by atoms with Crippen LogP contribution in [0.1, 0.15) is 27.4 Å². The predicted molar refractivity (Wildman–Crippen MR) is 131 cm³/mol. The molecule has 0 atom stereocenters. The lowest BCUT2D eigenvalue weighted by molar-refractivity contribution is -0.123. The van der Waals surface area contributed by atoms with Gasteiger partial charge in [-0.2, -0.15) is 0 Å². The van der Waals surface area contributed by atoms with E-state index >= 15 is 0 Å². The van der Waals surface area contributed by atoms with Crippen LogP contribution in [0.25, 0.3) is 6.08 Å². The molecule has 2 heterocycles. The standard InChI is InChI=1S/C25H20Cl2N2O7/c1-33-21-11-14(9-18(27)22(21)35-13-15-5-3-4-6-17(15)26)10-19-23(30)29(25(32)28-19)12-16-7-8-20(36-16)24(31)34-2/h3-11H,12-13H2,1-2H3,(H,28,32)/b19-10-. The van der Waals surface area contributed by atoms with Crippen molar-refractivity contribution in [1.82, 2.24) is 10.2 Å². The number of halogens is 2. The van der Waals surface area contributed by atoms with Crippen molar-refractivity contribution in [2.75, 3.05) is 14.2 Å². The molecule has 11 heteroatoms. The lowest BCUT2D eigenvalue weighted by Crippen LogP contribution is -2.30. The first-order valence-corrected chi connectivity index (χ1v) is 11.3. The zero-order valence-electron chi connectivity index (χ0n) is 19.2. The van der Waals surface area contributed by atoms with Gasteiger partial charge in [0.1, 0.15) is 18.1 Å². The van der Waals surface area contributed by atoms with Crippen molar-refractivity contribution in [3.05, 3.63) is 86.9 Å². The summed E-state index contributed by atoms with van der Waals surface area (Å²) in [5.41, 5.74) is 1.30. The fourth-order valence-electron chi connectivity index (χ4n) is 3.44. The van der Waals surface area contributed by atoms with Gasteiger partial charge in [0, 0.05) is 10.6 Å². The zero-order chi connectivity index (χ0) is 25.8. The SMILES string of the molecule is COC(=O)c1ccc(CN2C(=O)N/C(=C\c3cc(Cl)c(OCc4ccccc4Cl)c(OC)c3)C2=O)o1. The number of rotatable bonds is 8. The number of nitrogens with one attached hydrogen (secondary N) is 1. The van der Waals surface area contributed by atoms with Gasteiger partial charge in [-0.15, -0.1) is 0 Å². The number of hydrogen-bond acceptors (Lipinski definition) is 7. The summed E-state index contributed by atoms with van der Waals surface area (Å²) < 4.78 is 21.2. The van der Waals surface area contributed by atoms with E-state index in [1.165, 1.54) is 32.4 Å². The third kappa shape index (κ3) is 5.32. The number of ether oxygens (including phenoxy) is 3. The molecule has 0 spiro atoms. The van der Waals surface area contributed by atoms with E-state index in [0.717, 1.165) is 10.5 Å². The van der Waals surface area contributed by atoms with Crippen LogP contribution in [0.4, 0.5) is 4.79 Å². The van der Waals surface area contributed by atoms with Gasteiger partial charge < -0.3 is 23.9 Å². The van der Waals surface area contributed by atoms with Gasteiger partial charge in [0.25, 0.3) is 5.91 Å². The molecule has 9 nitrogen and oxygen atoms in total. The molecule has 1 saturated heterocycles. The van der Waals surface area contributed by atoms with E-state index in [9.17, 15) is 14.4 Å². The maximum atomic E-state index is 12.9. The van der Waals surface area contributed by atoms with E-state index < -0.39 is 17.9 Å². The molecule has 36 heavy (non-hydrogen) atoms. The lowest BCUT2D eigenvalue weighted by atomic mass is 10.1. The van der Waals surface area contributed by atoms with Crippen LogP contribution in [0.3, 0.4) is 0 Å². The zero-order valence-corrected chi connectivity index (χ0v) is 20.7. The van der Waals surface area contributed by atoms with Gasteiger partial charge in [0.15, 0.2) is 11.5 Å². The van der Waals surface area contributed by atoms with E-state index in [4.69, 9.17) is 37.1 Å². The molecule has 1 aliphatic rings. The second-order valence-corrected chi connectivity index (χ2v) is 8.37. The second-order valence-electron chi connectivity index (χ2n) is 7.55. The van der Waals surface area contributed by atoms with E-state index in [1.807, 2.05) is 18.2 Å². The number of carbonyl (C=O) groups is 3. The Morgan fingerprint density at radius 1 is 1.08 bits per heavy atom. The van der Waals surface area contributed by atoms with Crippen molar-refractivity contribution < 1.29 is 33.0 Å². The van der Waals surface area contributed by atoms with Crippen molar-refractivity contribution in [3.63, 3.8) is 0 Å². The van der Waals surface area contributed by atoms with E-state index in [0.29, 0.717) is 22.1 Å².